The minimum Gasteiger partial charge on any atom is -0.335 e. The van der Waals surface area contributed by atoms with Crippen molar-refractivity contribution in [2.24, 2.45) is 0 Å². The first-order valence-corrected chi connectivity index (χ1v) is 12.4. The lowest BCUT2D eigenvalue weighted by atomic mass is 10.3. The number of nitrogens with zero attached hydrogens (tertiary/aromatic N) is 1. The van der Waals surface area contributed by atoms with E-state index in [9.17, 15) is 30.0 Å². The van der Waals surface area contributed by atoms with Crippen LogP contribution in [0.5, 0.6) is 0 Å². The first-order chi connectivity index (χ1) is 14.0. The number of benzene rings is 2. The zero-order chi connectivity index (χ0) is 22.2. The second-order valence-electron chi connectivity index (χ2n) is 6.07. The lowest BCUT2D eigenvalue weighted by Gasteiger charge is -2.17. The van der Waals surface area contributed by atoms with E-state index in [-0.39, 0.29) is 0 Å². The number of hydrogen-bond donors (Lipinski definition) is 0. The first kappa shape index (κ1) is 22.4. The highest BCUT2D eigenvalue weighted by atomic mass is 32.3. The van der Waals surface area contributed by atoms with Crippen LogP contribution in [0.4, 0.5) is 18.9 Å². The van der Waals surface area contributed by atoms with E-state index in [4.69, 9.17) is 0 Å². The Morgan fingerprint density at radius 3 is 2.20 bits per heavy atom. The third-order valence-electron chi connectivity index (χ3n) is 4.20. The van der Waals surface area contributed by atoms with Crippen LogP contribution >= 0.6 is 11.8 Å². The fourth-order valence-electron chi connectivity index (χ4n) is 2.80. The molecule has 0 aromatic heterocycles. The van der Waals surface area contributed by atoms with Crippen LogP contribution in [0.3, 0.4) is 0 Å². The maximum atomic E-state index is 13.3. The monoisotopic (exact) mass is 475 g/mol. The summed E-state index contributed by atoms with van der Waals surface area (Å²) in [4.78, 5) is 2.03. The number of alkyl halides is 3. The van der Waals surface area contributed by atoms with Gasteiger partial charge in [-0.1, -0.05) is 42.1 Å². The SMILES string of the molecule is CCN1/C(=C/C=C(/S(=O)(=O)c2ccccc2)S(=O)(=O)C(F)(F)F)Sc2ccccc21. The van der Waals surface area contributed by atoms with Crippen LogP contribution in [0.25, 0.3) is 0 Å². The predicted molar refractivity (Wildman–Crippen MR) is 110 cm³/mol. The van der Waals surface area contributed by atoms with Crippen LogP contribution in [0.2, 0.25) is 0 Å². The topological polar surface area (TPSA) is 71.5 Å². The largest absolute Gasteiger partial charge is 0.502 e. The minimum absolute atomic E-state index is 0.414. The van der Waals surface area contributed by atoms with E-state index >= 15 is 0 Å². The third-order valence-corrected chi connectivity index (χ3v) is 9.48. The molecular weight excluding hydrogens is 459 g/mol. The third kappa shape index (κ3) is 4.01. The highest BCUT2D eigenvalue weighted by Crippen LogP contribution is 2.46. The van der Waals surface area contributed by atoms with Gasteiger partial charge in [0.05, 0.1) is 15.6 Å². The van der Waals surface area contributed by atoms with Gasteiger partial charge in [0.15, 0.2) is 4.24 Å². The number of para-hydroxylation sites is 1. The molecule has 0 radical (unpaired) electrons. The molecule has 5 nitrogen and oxygen atoms in total. The van der Waals surface area contributed by atoms with Crippen molar-refractivity contribution >= 4 is 37.1 Å². The van der Waals surface area contributed by atoms with E-state index in [1.807, 2.05) is 13.0 Å². The van der Waals surface area contributed by atoms with Gasteiger partial charge in [0.1, 0.15) is 0 Å². The van der Waals surface area contributed by atoms with Crippen LogP contribution in [0.1, 0.15) is 6.92 Å². The summed E-state index contributed by atoms with van der Waals surface area (Å²) in [7, 11) is -11.1. The van der Waals surface area contributed by atoms with E-state index in [2.05, 4.69) is 0 Å². The zero-order valence-corrected chi connectivity index (χ0v) is 17.9. The molecule has 3 rings (SSSR count). The van der Waals surface area contributed by atoms with Gasteiger partial charge in [-0.25, -0.2) is 16.8 Å². The summed E-state index contributed by atoms with van der Waals surface area (Å²) in [6, 6.07) is 13.3. The Morgan fingerprint density at radius 1 is 1.00 bits per heavy atom. The molecule has 0 atom stereocenters. The van der Waals surface area contributed by atoms with Crippen molar-refractivity contribution in [3.8, 4) is 0 Å². The second kappa shape index (κ2) is 8.12. The van der Waals surface area contributed by atoms with Crippen molar-refractivity contribution in [1.29, 1.82) is 0 Å². The van der Waals surface area contributed by atoms with Crippen LogP contribution in [0.15, 0.2) is 85.8 Å². The molecule has 1 aliphatic rings. The lowest BCUT2D eigenvalue weighted by molar-refractivity contribution is -0.0424. The Labute approximate surface area is 176 Å². The molecular formula is C19H16F3NO4S3. The minimum atomic E-state index is -6.13. The van der Waals surface area contributed by atoms with Crippen molar-refractivity contribution in [3.63, 3.8) is 0 Å². The van der Waals surface area contributed by atoms with Gasteiger partial charge >= 0.3 is 5.51 Å². The molecule has 0 spiro atoms. The number of sulfone groups is 2. The van der Waals surface area contributed by atoms with Gasteiger partial charge in [-0.3, -0.25) is 0 Å². The maximum Gasteiger partial charge on any atom is 0.502 e. The van der Waals surface area contributed by atoms with Crippen molar-refractivity contribution in [2.45, 2.75) is 22.2 Å². The van der Waals surface area contributed by atoms with E-state index in [0.717, 1.165) is 28.8 Å². The van der Waals surface area contributed by atoms with Crippen molar-refractivity contribution in [3.05, 3.63) is 76.0 Å². The number of halogens is 3. The molecule has 0 aliphatic carbocycles. The molecule has 0 saturated carbocycles. The quantitative estimate of drug-likeness (QED) is 0.624. The summed E-state index contributed by atoms with van der Waals surface area (Å²) >= 11 is 1.21. The van der Waals surface area contributed by atoms with Crippen molar-refractivity contribution < 1.29 is 30.0 Å². The van der Waals surface area contributed by atoms with Crippen molar-refractivity contribution in [2.75, 3.05) is 11.4 Å². The Morgan fingerprint density at radius 2 is 1.60 bits per heavy atom. The molecule has 0 N–H and O–H groups in total. The number of allylic oxidation sites excluding steroid dienone is 2. The molecule has 0 unspecified atom stereocenters. The molecule has 30 heavy (non-hydrogen) atoms. The Balaban J connectivity index is 2.17. The summed E-state index contributed by atoms with van der Waals surface area (Å²) in [6.45, 7) is 2.27. The zero-order valence-electron chi connectivity index (χ0n) is 15.5. The van der Waals surface area contributed by atoms with E-state index in [0.29, 0.717) is 17.6 Å². The van der Waals surface area contributed by atoms with Crippen LogP contribution in [-0.2, 0) is 19.7 Å². The van der Waals surface area contributed by atoms with Crippen LogP contribution < -0.4 is 4.90 Å². The molecule has 0 fully saturated rings. The molecule has 1 aliphatic heterocycles. The lowest BCUT2D eigenvalue weighted by Crippen LogP contribution is -2.28. The van der Waals surface area contributed by atoms with Crippen LogP contribution in [0, 0.1) is 0 Å². The van der Waals surface area contributed by atoms with Crippen LogP contribution in [-0.4, -0.2) is 28.9 Å². The van der Waals surface area contributed by atoms with Gasteiger partial charge in [-0.2, -0.15) is 13.2 Å². The van der Waals surface area contributed by atoms with Gasteiger partial charge in [-0.15, -0.1) is 0 Å². The van der Waals surface area contributed by atoms with E-state index in [1.165, 1.54) is 30.0 Å². The molecule has 160 valence electrons. The Bertz CT molecular complexity index is 1220. The van der Waals surface area contributed by atoms with E-state index < -0.39 is 34.3 Å². The molecule has 11 heteroatoms. The number of hydrogen-bond acceptors (Lipinski definition) is 6. The van der Waals surface area contributed by atoms with Gasteiger partial charge in [0.25, 0.3) is 9.84 Å². The normalized spacial score (nSPS) is 16.7. The van der Waals surface area contributed by atoms with Gasteiger partial charge < -0.3 is 4.90 Å². The second-order valence-corrected chi connectivity index (χ2v) is 11.2. The summed E-state index contributed by atoms with van der Waals surface area (Å²) in [5, 5.41) is 0.414. The molecule has 2 aromatic rings. The standard InChI is InChI=1S/C19H16F3NO4S3/c1-2-23-15-10-6-7-11-16(15)28-17(23)12-13-18(30(26,27)19(20,21)22)29(24,25)14-8-4-3-5-9-14/h3-13H,2H2,1H3/b17-12-,18-13-. The summed E-state index contributed by atoms with van der Waals surface area (Å²) in [5.74, 6) is 0. The Kier molecular flexibility index (Phi) is 6.08. The van der Waals surface area contributed by atoms with E-state index in [1.54, 1.807) is 23.1 Å². The molecule has 2 aromatic carbocycles. The van der Waals surface area contributed by atoms with Gasteiger partial charge in [0.2, 0.25) is 9.84 Å². The number of anilines is 1. The van der Waals surface area contributed by atoms with Gasteiger partial charge in [0, 0.05) is 11.4 Å². The van der Waals surface area contributed by atoms with Crippen molar-refractivity contribution in [1.82, 2.24) is 0 Å². The average Bonchev–Trinajstić information content (AvgIpc) is 3.05. The molecule has 0 amide bonds. The number of rotatable bonds is 5. The fourth-order valence-corrected chi connectivity index (χ4v) is 7.12. The highest BCUT2D eigenvalue weighted by Gasteiger charge is 2.52. The smallest absolute Gasteiger partial charge is 0.335 e. The fraction of sp³-hybridized carbons (Fsp3) is 0.158. The molecule has 1 heterocycles. The Hall–Kier alpha value is -2.24. The summed E-state index contributed by atoms with van der Waals surface area (Å²) < 4.78 is 87.9. The summed E-state index contributed by atoms with van der Waals surface area (Å²) in [6.07, 6.45) is 1.61. The molecule has 0 saturated heterocycles. The molecule has 0 bridgehead atoms. The average molecular weight is 476 g/mol. The number of thioether (sulfide) groups is 1. The van der Waals surface area contributed by atoms with Gasteiger partial charge in [-0.05, 0) is 43.3 Å². The first-order valence-electron chi connectivity index (χ1n) is 8.58. The predicted octanol–water partition coefficient (Wildman–Crippen LogP) is 4.71. The highest BCUT2D eigenvalue weighted by molar-refractivity contribution is 8.14. The number of fused-ring (bicyclic) bond motifs is 1. The maximum absolute atomic E-state index is 13.3. The summed E-state index contributed by atoms with van der Waals surface area (Å²) in [5.41, 5.74) is -4.97.